The molecule has 0 amide bonds. The Hall–Kier alpha value is -1.89. The van der Waals surface area contributed by atoms with Crippen LogP contribution in [0.4, 0.5) is 17.3 Å². The molecule has 0 aliphatic rings. The molecule has 0 radical (unpaired) electrons. The number of aromatic nitrogens is 1. The van der Waals surface area contributed by atoms with Gasteiger partial charge in [-0.3, -0.25) is 10.1 Å². The van der Waals surface area contributed by atoms with E-state index in [1.165, 1.54) is 6.07 Å². The third kappa shape index (κ3) is 4.65. The first kappa shape index (κ1) is 16.2. The fourth-order valence-electron chi connectivity index (χ4n) is 1.51. The number of hydrogen-bond donors (Lipinski definition) is 2. The summed E-state index contributed by atoms with van der Waals surface area (Å²) in [5.41, 5.74) is -0.00185. The second kappa shape index (κ2) is 7.64. The van der Waals surface area contributed by atoms with Gasteiger partial charge in [0.25, 0.3) is 0 Å². The van der Waals surface area contributed by atoms with E-state index in [1.54, 1.807) is 6.07 Å². The Kier molecular flexibility index (Phi) is 6.17. The summed E-state index contributed by atoms with van der Waals surface area (Å²) >= 11 is 0. The van der Waals surface area contributed by atoms with Gasteiger partial charge in [-0.1, -0.05) is 6.92 Å². The van der Waals surface area contributed by atoms with Crippen LogP contribution in [0.2, 0.25) is 0 Å². The lowest BCUT2D eigenvalue weighted by Gasteiger charge is -2.20. The summed E-state index contributed by atoms with van der Waals surface area (Å²) in [6.07, 6.45) is 0.971. The van der Waals surface area contributed by atoms with Gasteiger partial charge in [-0.25, -0.2) is 4.98 Å². The van der Waals surface area contributed by atoms with E-state index in [0.717, 1.165) is 13.0 Å². The van der Waals surface area contributed by atoms with Crippen molar-refractivity contribution in [2.24, 2.45) is 0 Å². The molecule has 7 heteroatoms. The van der Waals surface area contributed by atoms with Crippen molar-refractivity contribution in [1.82, 2.24) is 9.88 Å². The molecule has 1 aromatic heterocycles. The van der Waals surface area contributed by atoms with Gasteiger partial charge in [-0.05, 0) is 33.5 Å². The summed E-state index contributed by atoms with van der Waals surface area (Å²) in [6, 6.07) is 3.37. The quantitative estimate of drug-likeness (QED) is 0.561. The van der Waals surface area contributed by atoms with Crippen LogP contribution >= 0.6 is 0 Å². The minimum atomic E-state index is -0.417. The van der Waals surface area contributed by atoms with Crippen LogP contribution < -0.4 is 10.6 Å². The lowest BCUT2D eigenvalue weighted by Crippen LogP contribution is -2.31. The summed E-state index contributed by atoms with van der Waals surface area (Å²) < 4.78 is 0. The van der Waals surface area contributed by atoms with E-state index >= 15 is 0 Å². The first-order valence-corrected chi connectivity index (χ1v) is 6.75. The molecule has 0 fully saturated rings. The number of nitrogens with zero attached hydrogens (tertiary/aromatic N) is 3. The fourth-order valence-corrected chi connectivity index (χ4v) is 1.51. The minimum absolute atomic E-state index is 0.00185. The predicted octanol–water partition coefficient (Wildman–Crippen LogP) is 2.17. The van der Waals surface area contributed by atoms with Gasteiger partial charge in [0.05, 0.1) is 4.92 Å². The van der Waals surface area contributed by atoms with Crippen LogP contribution in [0.5, 0.6) is 0 Å². The first-order chi connectivity index (χ1) is 9.45. The zero-order valence-corrected chi connectivity index (χ0v) is 12.5. The Labute approximate surface area is 119 Å². The maximum atomic E-state index is 11.0. The van der Waals surface area contributed by atoms with Crippen molar-refractivity contribution in [2.45, 2.75) is 26.3 Å². The van der Waals surface area contributed by atoms with Gasteiger partial charge in [-0.2, -0.15) is 0 Å². The highest BCUT2D eigenvalue weighted by Gasteiger charge is 2.16. The Morgan fingerprint density at radius 1 is 1.40 bits per heavy atom. The van der Waals surface area contributed by atoms with Gasteiger partial charge < -0.3 is 15.5 Å². The molecule has 112 valence electrons. The summed E-state index contributed by atoms with van der Waals surface area (Å²) in [5.74, 6) is 0.960. The molecule has 1 atom stereocenters. The van der Waals surface area contributed by atoms with Crippen LogP contribution in [0.1, 0.15) is 20.3 Å². The van der Waals surface area contributed by atoms with E-state index in [9.17, 15) is 10.1 Å². The van der Waals surface area contributed by atoms with E-state index in [0.29, 0.717) is 18.2 Å². The first-order valence-electron chi connectivity index (χ1n) is 6.75. The Balaban J connectivity index is 2.85. The smallest absolute Gasteiger partial charge is 0.311 e. The van der Waals surface area contributed by atoms with Gasteiger partial charge in [0.1, 0.15) is 5.82 Å². The molecule has 0 saturated carbocycles. The molecule has 1 unspecified atom stereocenters. The van der Waals surface area contributed by atoms with E-state index < -0.39 is 4.92 Å². The summed E-state index contributed by atoms with van der Waals surface area (Å²) in [4.78, 5) is 16.9. The predicted molar refractivity (Wildman–Crippen MR) is 81.3 cm³/mol. The third-order valence-electron chi connectivity index (χ3n) is 3.07. The van der Waals surface area contributed by atoms with Crippen molar-refractivity contribution < 1.29 is 4.92 Å². The Morgan fingerprint density at radius 2 is 2.10 bits per heavy atom. The molecule has 0 bridgehead atoms. The van der Waals surface area contributed by atoms with Crippen LogP contribution in [-0.2, 0) is 0 Å². The highest BCUT2D eigenvalue weighted by Crippen LogP contribution is 2.24. The van der Waals surface area contributed by atoms with E-state index in [-0.39, 0.29) is 11.7 Å². The van der Waals surface area contributed by atoms with Gasteiger partial charge >= 0.3 is 5.69 Å². The number of likely N-dealkylation sites (N-methyl/N-ethyl adjacent to an activating group) is 1. The van der Waals surface area contributed by atoms with Crippen LogP contribution in [0.15, 0.2) is 12.1 Å². The lowest BCUT2D eigenvalue weighted by molar-refractivity contribution is -0.384. The normalized spacial score (nSPS) is 12.2. The third-order valence-corrected chi connectivity index (χ3v) is 3.07. The van der Waals surface area contributed by atoms with Crippen LogP contribution in [0.25, 0.3) is 0 Å². The maximum Gasteiger partial charge on any atom is 0.311 e. The highest BCUT2D eigenvalue weighted by molar-refractivity contribution is 5.60. The number of anilines is 2. The molecular weight excluding hydrogens is 258 g/mol. The largest absolute Gasteiger partial charge is 0.370 e. The van der Waals surface area contributed by atoms with Crippen LogP contribution in [0, 0.1) is 10.1 Å². The van der Waals surface area contributed by atoms with Gasteiger partial charge in [0.2, 0.25) is 5.82 Å². The molecule has 1 aromatic rings. The van der Waals surface area contributed by atoms with Crippen molar-refractivity contribution >= 4 is 17.3 Å². The number of pyridine rings is 1. The van der Waals surface area contributed by atoms with E-state index in [1.807, 2.05) is 25.9 Å². The Bertz CT molecular complexity index is 450. The fraction of sp³-hybridized carbons (Fsp3) is 0.615. The molecule has 2 N–H and O–H groups in total. The molecule has 1 heterocycles. The topological polar surface area (TPSA) is 83.3 Å². The monoisotopic (exact) mass is 281 g/mol. The van der Waals surface area contributed by atoms with Crippen molar-refractivity contribution in [3.05, 3.63) is 22.2 Å². The van der Waals surface area contributed by atoms with Crippen LogP contribution in [-0.4, -0.2) is 48.0 Å². The Morgan fingerprint density at radius 3 is 2.65 bits per heavy atom. The zero-order chi connectivity index (χ0) is 15.1. The number of rotatable bonds is 8. The standard InChI is InChI=1S/C13H23N5O2/c1-5-8-14-12-7-6-11(18(19)20)13(16-12)15-9-10(2)17(3)4/h6-7,10H,5,8-9H2,1-4H3,(H2,14,15,16). The lowest BCUT2D eigenvalue weighted by atomic mass is 10.3. The molecule has 1 rings (SSSR count). The number of nitrogens with one attached hydrogen (secondary N) is 2. The molecule has 0 saturated heterocycles. The number of nitro groups is 1. The molecule has 0 aliphatic carbocycles. The van der Waals surface area contributed by atoms with Crippen molar-refractivity contribution in [1.29, 1.82) is 0 Å². The second-order valence-corrected chi connectivity index (χ2v) is 4.94. The molecule has 0 aliphatic heterocycles. The van der Waals surface area contributed by atoms with E-state index in [4.69, 9.17) is 0 Å². The average molecular weight is 281 g/mol. The van der Waals surface area contributed by atoms with Gasteiger partial charge in [0, 0.05) is 25.2 Å². The minimum Gasteiger partial charge on any atom is -0.370 e. The summed E-state index contributed by atoms with van der Waals surface area (Å²) in [7, 11) is 3.93. The van der Waals surface area contributed by atoms with Crippen molar-refractivity contribution in [3.8, 4) is 0 Å². The summed E-state index contributed by atoms with van der Waals surface area (Å²) in [5, 5.41) is 17.2. The van der Waals surface area contributed by atoms with Crippen LogP contribution in [0.3, 0.4) is 0 Å². The second-order valence-electron chi connectivity index (χ2n) is 4.94. The van der Waals surface area contributed by atoms with Crippen molar-refractivity contribution in [2.75, 3.05) is 37.8 Å². The zero-order valence-electron chi connectivity index (χ0n) is 12.5. The molecule has 0 aromatic carbocycles. The molecule has 20 heavy (non-hydrogen) atoms. The van der Waals surface area contributed by atoms with Gasteiger partial charge in [0.15, 0.2) is 0 Å². The molecule has 7 nitrogen and oxygen atoms in total. The SMILES string of the molecule is CCCNc1ccc([N+](=O)[O-])c(NCC(C)N(C)C)n1. The van der Waals surface area contributed by atoms with Gasteiger partial charge in [-0.15, -0.1) is 0 Å². The van der Waals surface area contributed by atoms with E-state index in [2.05, 4.69) is 22.5 Å². The molecular formula is C13H23N5O2. The van der Waals surface area contributed by atoms with Crippen molar-refractivity contribution in [3.63, 3.8) is 0 Å². The summed E-state index contributed by atoms with van der Waals surface area (Å²) in [6.45, 7) is 5.48. The average Bonchev–Trinajstić information content (AvgIpc) is 2.42. The maximum absolute atomic E-state index is 11.0. The molecule has 0 spiro atoms. The number of hydrogen-bond acceptors (Lipinski definition) is 6. The highest BCUT2D eigenvalue weighted by atomic mass is 16.6.